The number of nitrogens with zero attached hydrogens (tertiary/aromatic N) is 1. The van der Waals surface area contributed by atoms with E-state index < -0.39 is 0 Å². The van der Waals surface area contributed by atoms with Crippen LogP contribution in [0.15, 0.2) is 0 Å². The van der Waals surface area contributed by atoms with Crippen molar-refractivity contribution in [2.45, 2.75) is 6.42 Å². The van der Waals surface area contributed by atoms with Crippen molar-refractivity contribution in [1.29, 1.82) is 0 Å². The predicted octanol–water partition coefficient (Wildman–Crippen LogP) is 0.0759. The lowest BCUT2D eigenvalue weighted by molar-refractivity contribution is 0.294. The molecule has 2 nitrogen and oxygen atoms in total. The van der Waals surface area contributed by atoms with Crippen LogP contribution in [0.3, 0.4) is 0 Å². The third-order valence-electron chi connectivity index (χ3n) is 0.697. The molecule has 0 unspecified atom stereocenters. The fourth-order valence-electron chi connectivity index (χ4n) is 0.352. The minimum absolute atomic E-state index is 0.790. The summed E-state index contributed by atoms with van der Waals surface area (Å²) in [7, 11) is 3.88. The van der Waals surface area contributed by atoms with E-state index in [1.807, 2.05) is 19.1 Å². The summed E-state index contributed by atoms with van der Waals surface area (Å²) in [6, 6.07) is 0. The van der Waals surface area contributed by atoms with E-state index in [1.165, 1.54) is 0 Å². The van der Waals surface area contributed by atoms with Gasteiger partial charge < -0.3 is 0 Å². The summed E-state index contributed by atoms with van der Waals surface area (Å²) in [6.45, 7) is 0.865. The van der Waals surface area contributed by atoms with Gasteiger partial charge in [-0.3, -0.25) is 10.4 Å². The Morgan fingerprint density at radius 3 is 2.62 bits per heavy atom. The molecule has 0 saturated heterocycles. The minimum atomic E-state index is 0.790. The molecule has 0 rings (SSSR count). The van der Waals surface area contributed by atoms with Gasteiger partial charge in [-0.1, -0.05) is 0 Å². The van der Waals surface area contributed by atoms with Crippen LogP contribution in [-0.4, -0.2) is 25.6 Å². The Kier molecular flexibility index (Phi) is 4.33. The zero-order valence-electron chi connectivity index (χ0n) is 5.44. The first-order valence-electron chi connectivity index (χ1n) is 2.61. The molecule has 0 aliphatic carbocycles. The fraction of sp³-hybridized carbons (Fsp3) is 0.667. The van der Waals surface area contributed by atoms with Crippen LogP contribution in [0.1, 0.15) is 6.42 Å². The third-order valence-corrected chi connectivity index (χ3v) is 0.697. The Balaban J connectivity index is 2.85. The van der Waals surface area contributed by atoms with E-state index in [-0.39, 0.29) is 0 Å². The van der Waals surface area contributed by atoms with Crippen LogP contribution in [0.25, 0.3) is 0 Å². The monoisotopic (exact) mass is 112 g/mol. The van der Waals surface area contributed by atoms with Crippen molar-refractivity contribution in [3.63, 3.8) is 0 Å². The van der Waals surface area contributed by atoms with Gasteiger partial charge in [-0.25, -0.2) is 0 Å². The van der Waals surface area contributed by atoms with Crippen molar-refractivity contribution >= 4 is 0 Å². The molecule has 0 aliphatic rings. The van der Waals surface area contributed by atoms with E-state index in [0.717, 1.165) is 13.0 Å². The standard InChI is InChI=1S/C6H12N2/c1-4-5-6-7-8(2)3/h1,7H,5-6H2,2-3H3. The van der Waals surface area contributed by atoms with Crippen LogP contribution < -0.4 is 5.43 Å². The number of nitrogens with one attached hydrogen (secondary N) is 1. The average molecular weight is 112 g/mol. The Hall–Kier alpha value is -0.520. The van der Waals surface area contributed by atoms with Gasteiger partial charge in [0.15, 0.2) is 0 Å². The predicted molar refractivity (Wildman–Crippen MR) is 35.1 cm³/mol. The van der Waals surface area contributed by atoms with Crippen molar-refractivity contribution in [3.05, 3.63) is 0 Å². The largest absolute Gasteiger partial charge is 0.255 e. The first-order valence-corrected chi connectivity index (χ1v) is 2.61. The molecule has 0 saturated carbocycles. The summed E-state index contributed by atoms with van der Waals surface area (Å²) in [6.07, 6.45) is 5.80. The van der Waals surface area contributed by atoms with Gasteiger partial charge in [0.1, 0.15) is 0 Å². The lowest BCUT2D eigenvalue weighted by Crippen LogP contribution is -2.30. The SMILES string of the molecule is C#CCCNN(C)C. The van der Waals surface area contributed by atoms with Crippen molar-refractivity contribution in [2.24, 2.45) is 0 Å². The molecule has 0 radical (unpaired) electrons. The van der Waals surface area contributed by atoms with Gasteiger partial charge in [0.2, 0.25) is 0 Å². The highest BCUT2D eigenvalue weighted by atomic mass is 15.5. The van der Waals surface area contributed by atoms with Crippen molar-refractivity contribution in [1.82, 2.24) is 10.4 Å². The molecule has 0 heterocycles. The summed E-state index contributed by atoms with van der Waals surface area (Å²) < 4.78 is 0. The van der Waals surface area contributed by atoms with Gasteiger partial charge in [-0.15, -0.1) is 12.3 Å². The molecule has 46 valence electrons. The maximum absolute atomic E-state index is 5.01. The molecule has 0 fully saturated rings. The van der Waals surface area contributed by atoms with Gasteiger partial charge >= 0.3 is 0 Å². The Morgan fingerprint density at radius 2 is 2.25 bits per heavy atom. The minimum Gasteiger partial charge on any atom is -0.255 e. The van der Waals surface area contributed by atoms with Crippen LogP contribution in [-0.2, 0) is 0 Å². The first-order chi connectivity index (χ1) is 3.77. The number of hydrogen-bond acceptors (Lipinski definition) is 2. The molecule has 0 aromatic heterocycles. The van der Waals surface area contributed by atoms with Crippen molar-refractivity contribution in [3.8, 4) is 12.3 Å². The van der Waals surface area contributed by atoms with E-state index in [4.69, 9.17) is 6.42 Å². The van der Waals surface area contributed by atoms with Gasteiger partial charge in [-0.2, -0.15) is 0 Å². The average Bonchev–Trinajstić information content (AvgIpc) is 1.66. The molecule has 0 spiro atoms. The topological polar surface area (TPSA) is 15.3 Å². The molecule has 0 bridgehead atoms. The van der Waals surface area contributed by atoms with Crippen LogP contribution in [0.5, 0.6) is 0 Å². The molecule has 0 amide bonds. The van der Waals surface area contributed by atoms with Crippen LogP contribution >= 0.6 is 0 Å². The second-order valence-electron chi connectivity index (χ2n) is 1.76. The van der Waals surface area contributed by atoms with Gasteiger partial charge in [0.25, 0.3) is 0 Å². The number of rotatable bonds is 3. The van der Waals surface area contributed by atoms with Crippen LogP contribution in [0.4, 0.5) is 0 Å². The Morgan fingerprint density at radius 1 is 1.62 bits per heavy atom. The number of terminal acetylenes is 1. The maximum Gasteiger partial charge on any atom is 0.0225 e. The summed E-state index contributed by atoms with van der Waals surface area (Å²) in [4.78, 5) is 0. The number of hydrogen-bond donors (Lipinski definition) is 1. The molecule has 0 aromatic carbocycles. The highest BCUT2D eigenvalue weighted by Crippen LogP contribution is 1.69. The van der Waals surface area contributed by atoms with Gasteiger partial charge in [-0.05, 0) is 0 Å². The molecule has 1 N–H and O–H groups in total. The quantitative estimate of drug-likeness (QED) is 0.316. The summed E-state index contributed by atoms with van der Waals surface area (Å²) in [5.41, 5.74) is 3.04. The zero-order chi connectivity index (χ0) is 6.41. The van der Waals surface area contributed by atoms with Crippen LogP contribution in [0.2, 0.25) is 0 Å². The summed E-state index contributed by atoms with van der Waals surface area (Å²) in [5, 5.41) is 1.89. The highest BCUT2D eigenvalue weighted by Gasteiger charge is 1.82. The second-order valence-corrected chi connectivity index (χ2v) is 1.76. The summed E-state index contributed by atoms with van der Waals surface area (Å²) >= 11 is 0. The fourth-order valence-corrected chi connectivity index (χ4v) is 0.352. The smallest absolute Gasteiger partial charge is 0.0225 e. The number of hydrazine groups is 1. The highest BCUT2D eigenvalue weighted by molar-refractivity contribution is 4.83. The van der Waals surface area contributed by atoms with E-state index in [9.17, 15) is 0 Å². The third kappa shape index (κ3) is 5.48. The van der Waals surface area contributed by atoms with Crippen molar-refractivity contribution < 1.29 is 0 Å². The van der Waals surface area contributed by atoms with Crippen LogP contribution in [0, 0.1) is 12.3 Å². The molecule has 0 aromatic rings. The molecular weight excluding hydrogens is 100 g/mol. The molecule has 0 aliphatic heterocycles. The zero-order valence-corrected chi connectivity index (χ0v) is 5.44. The molecule has 0 atom stereocenters. The van der Waals surface area contributed by atoms with E-state index in [0.29, 0.717) is 0 Å². The Bertz CT molecular complexity index is 81.0. The lowest BCUT2D eigenvalue weighted by Gasteiger charge is -2.08. The van der Waals surface area contributed by atoms with E-state index >= 15 is 0 Å². The van der Waals surface area contributed by atoms with E-state index in [2.05, 4.69) is 11.3 Å². The Labute approximate surface area is 50.8 Å². The molecular formula is C6H12N2. The van der Waals surface area contributed by atoms with Crippen molar-refractivity contribution in [2.75, 3.05) is 20.6 Å². The molecule has 2 heteroatoms. The maximum atomic E-state index is 5.01. The summed E-state index contributed by atoms with van der Waals surface area (Å²) in [5.74, 6) is 2.53. The normalized spacial score (nSPS) is 9.25. The van der Waals surface area contributed by atoms with E-state index in [1.54, 1.807) is 0 Å². The molecule has 8 heavy (non-hydrogen) atoms. The van der Waals surface area contributed by atoms with Gasteiger partial charge in [0.05, 0.1) is 0 Å². The van der Waals surface area contributed by atoms with Gasteiger partial charge in [0, 0.05) is 27.1 Å². The second kappa shape index (κ2) is 4.63. The first kappa shape index (κ1) is 7.48. The lowest BCUT2D eigenvalue weighted by atomic mass is 10.5.